The molecule has 0 fully saturated rings. The molecule has 4 N–H and O–H groups in total. The molecule has 0 bridgehead atoms. The summed E-state index contributed by atoms with van der Waals surface area (Å²) in [5.41, 5.74) is 0. The Labute approximate surface area is 204 Å². The number of primary sulfonamides is 1. The number of aliphatic imine (C=N–C) groups is 1. The number of hydrogen-bond donors (Lipinski definition) is 3. The average Bonchev–Trinajstić information content (AvgIpc) is 3.21. The fraction of sp³-hybridized carbons (Fsp3) is 0.286. The lowest BCUT2D eigenvalue weighted by atomic mass is 10.1. The van der Waals surface area contributed by atoms with Crippen LogP contribution in [0.1, 0.15) is 18.2 Å². The molecule has 0 radical (unpaired) electrons. The van der Waals surface area contributed by atoms with Gasteiger partial charge in [0.25, 0.3) is 0 Å². The zero-order chi connectivity index (χ0) is 21.4. The predicted octanol–water partition coefficient (Wildman–Crippen LogP) is 3.69. The quantitative estimate of drug-likeness (QED) is 0.157. The molecule has 7 nitrogen and oxygen atoms in total. The van der Waals surface area contributed by atoms with E-state index in [1.165, 1.54) is 11.5 Å². The van der Waals surface area contributed by atoms with Gasteiger partial charge in [-0.3, -0.25) is 0 Å². The van der Waals surface area contributed by atoms with Crippen LogP contribution in [0.4, 0.5) is 0 Å². The van der Waals surface area contributed by atoms with Crippen LogP contribution in [0.5, 0.6) is 5.75 Å². The van der Waals surface area contributed by atoms with Gasteiger partial charge in [0.05, 0.1) is 13.2 Å². The van der Waals surface area contributed by atoms with Gasteiger partial charge in [0.1, 0.15) is 9.96 Å². The average molecular weight is 575 g/mol. The molecule has 0 aliphatic carbocycles. The normalized spacial score (nSPS) is 11.7. The van der Waals surface area contributed by atoms with Crippen LogP contribution in [0.2, 0.25) is 0 Å². The van der Waals surface area contributed by atoms with E-state index in [1.54, 1.807) is 6.07 Å². The minimum Gasteiger partial charge on any atom is -0.494 e. The van der Waals surface area contributed by atoms with Crippen LogP contribution in [0.15, 0.2) is 63.8 Å². The molecule has 3 rings (SSSR count). The highest BCUT2D eigenvalue weighted by Gasteiger charge is 2.11. The van der Waals surface area contributed by atoms with Gasteiger partial charge in [-0.15, -0.1) is 35.3 Å². The molecule has 31 heavy (non-hydrogen) atoms. The van der Waals surface area contributed by atoms with E-state index in [0.29, 0.717) is 25.7 Å². The van der Waals surface area contributed by atoms with Crippen molar-refractivity contribution in [2.45, 2.75) is 24.1 Å². The molecule has 1 heterocycles. The van der Waals surface area contributed by atoms with Crippen LogP contribution in [0.25, 0.3) is 10.8 Å². The van der Waals surface area contributed by atoms with Gasteiger partial charge in [-0.25, -0.2) is 18.5 Å². The highest BCUT2D eigenvalue weighted by atomic mass is 127. The molecule has 3 aromatic rings. The lowest BCUT2D eigenvalue weighted by Gasteiger charge is -2.12. The fourth-order valence-corrected chi connectivity index (χ4v) is 4.52. The lowest BCUT2D eigenvalue weighted by molar-refractivity contribution is 0.311. The molecule has 0 spiro atoms. The van der Waals surface area contributed by atoms with Gasteiger partial charge in [-0.05, 0) is 48.4 Å². The molecular weight excluding hydrogens is 547 g/mol. The summed E-state index contributed by atoms with van der Waals surface area (Å²) in [6.07, 6.45) is 0.811. The van der Waals surface area contributed by atoms with E-state index in [2.05, 4.69) is 33.8 Å². The number of fused-ring (bicyclic) bond motifs is 1. The van der Waals surface area contributed by atoms with Crippen molar-refractivity contribution < 1.29 is 13.2 Å². The van der Waals surface area contributed by atoms with Gasteiger partial charge < -0.3 is 15.4 Å². The highest BCUT2D eigenvalue weighted by Crippen LogP contribution is 2.21. The van der Waals surface area contributed by atoms with Crippen LogP contribution in [0.3, 0.4) is 0 Å². The van der Waals surface area contributed by atoms with Crippen molar-refractivity contribution in [1.82, 2.24) is 10.6 Å². The Kier molecular flexibility index (Phi) is 10.0. The zero-order valence-corrected chi connectivity index (χ0v) is 21.2. The number of sulfonamides is 1. The van der Waals surface area contributed by atoms with Crippen molar-refractivity contribution >= 4 is 62.1 Å². The summed E-state index contributed by atoms with van der Waals surface area (Å²) in [5, 5.41) is 13.9. The first kappa shape index (κ1) is 25.4. The number of guanidine groups is 1. The summed E-state index contributed by atoms with van der Waals surface area (Å²) in [6.45, 7) is 4.39. The lowest BCUT2D eigenvalue weighted by Crippen LogP contribution is -2.38. The summed E-state index contributed by atoms with van der Waals surface area (Å²) in [5.74, 6) is 1.53. The van der Waals surface area contributed by atoms with Crippen molar-refractivity contribution in [1.29, 1.82) is 0 Å². The Morgan fingerprint density at radius 2 is 1.87 bits per heavy atom. The second kappa shape index (κ2) is 12.2. The highest BCUT2D eigenvalue weighted by molar-refractivity contribution is 14.0. The van der Waals surface area contributed by atoms with E-state index in [9.17, 15) is 8.42 Å². The summed E-state index contributed by atoms with van der Waals surface area (Å²) < 4.78 is 28.7. The van der Waals surface area contributed by atoms with Crippen LogP contribution < -0.4 is 20.5 Å². The molecule has 0 saturated heterocycles. The summed E-state index contributed by atoms with van der Waals surface area (Å²) >= 11 is 1.13. The smallest absolute Gasteiger partial charge is 0.247 e. The Balaban J connectivity index is 0.00000341. The Hall–Kier alpha value is -1.89. The van der Waals surface area contributed by atoms with Crippen LogP contribution in [-0.4, -0.2) is 34.1 Å². The van der Waals surface area contributed by atoms with Gasteiger partial charge in [-0.2, -0.15) is 0 Å². The molecule has 0 unspecified atom stereocenters. The topological polar surface area (TPSA) is 106 Å². The molecule has 2 aromatic carbocycles. The first-order valence-corrected chi connectivity index (χ1v) is 12.1. The maximum Gasteiger partial charge on any atom is 0.247 e. The number of ether oxygens (including phenoxy) is 1. The number of nitrogens with two attached hydrogens (primary N) is 1. The van der Waals surface area contributed by atoms with Gasteiger partial charge in [0.15, 0.2) is 5.96 Å². The number of rotatable bonds is 9. The standard InChI is InChI=1S/C21H26N4O3S2.HI/c1-2-23-21(25-15-19-10-11-20(29-19)30(22,26)27)24-12-5-13-28-18-9-8-16-6-3-4-7-17(16)14-18;/h3-4,6-11,14H,2,5,12-13,15H2,1H3,(H2,22,26,27)(H2,23,24,25);1H. The molecule has 0 aliphatic heterocycles. The maximum atomic E-state index is 11.4. The number of thiophene rings is 1. The molecule has 0 atom stereocenters. The maximum absolute atomic E-state index is 11.4. The zero-order valence-electron chi connectivity index (χ0n) is 17.2. The van der Waals surface area contributed by atoms with Crippen LogP contribution in [-0.2, 0) is 16.6 Å². The third kappa shape index (κ3) is 7.95. The Morgan fingerprint density at radius 3 is 2.58 bits per heavy atom. The summed E-state index contributed by atoms with van der Waals surface area (Å²) in [6, 6.07) is 17.5. The molecule has 0 amide bonds. The minimum atomic E-state index is -3.66. The second-order valence-electron chi connectivity index (χ2n) is 6.60. The first-order valence-electron chi connectivity index (χ1n) is 9.71. The molecule has 0 saturated carbocycles. The van der Waals surface area contributed by atoms with E-state index >= 15 is 0 Å². The SMILES string of the molecule is CCNC(=NCc1ccc(S(N)(=O)=O)s1)NCCCOc1ccc2ccccc2c1.I. The van der Waals surface area contributed by atoms with Gasteiger partial charge in [-0.1, -0.05) is 30.3 Å². The second-order valence-corrected chi connectivity index (χ2v) is 9.56. The molecule has 10 heteroatoms. The van der Waals surface area contributed by atoms with Gasteiger partial charge in [0.2, 0.25) is 10.0 Å². The Bertz CT molecular complexity index is 1120. The van der Waals surface area contributed by atoms with E-state index in [1.807, 2.05) is 31.2 Å². The van der Waals surface area contributed by atoms with Crippen LogP contribution >= 0.6 is 35.3 Å². The largest absolute Gasteiger partial charge is 0.494 e. The van der Waals surface area contributed by atoms with Crippen molar-refractivity contribution in [3.63, 3.8) is 0 Å². The molecule has 168 valence electrons. The van der Waals surface area contributed by atoms with Crippen molar-refractivity contribution in [3.8, 4) is 5.75 Å². The minimum absolute atomic E-state index is 0. The van der Waals surface area contributed by atoms with Crippen LogP contribution in [0, 0.1) is 0 Å². The first-order chi connectivity index (χ1) is 14.5. The van der Waals surface area contributed by atoms with Gasteiger partial charge in [0, 0.05) is 18.0 Å². The summed E-state index contributed by atoms with van der Waals surface area (Å²) in [4.78, 5) is 5.33. The number of nitrogens with one attached hydrogen (secondary N) is 2. The van der Waals surface area contributed by atoms with Crippen molar-refractivity contribution in [2.24, 2.45) is 10.1 Å². The van der Waals surface area contributed by atoms with Crippen molar-refractivity contribution in [2.75, 3.05) is 19.7 Å². The number of benzene rings is 2. The number of nitrogens with zero attached hydrogens (tertiary/aromatic N) is 1. The molecular formula is C21H27IN4O3S2. The monoisotopic (exact) mass is 574 g/mol. The third-order valence-electron chi connectivity index (χ3n) is 4.26. The van der Waals surface area contributed by atoms with E-state index < -0.39 is 10.0 Å². The fourth-order valence-electron chi connectivity index (χ4n) is 2.82. The van der Waals surface area contributed by atoms with E-state index in [4.69, 9.17) is 9.88 Å². The van der Waals surface area contributed by atoms with Gasteiger partial charge >= 0.3 is 0 Å². The predicted molar refractivity (Wildman–Crippen MR) is 138 cm³/mol. The number of halogens is 1. The Morgan fingerprint density at radius 1 is 1.10 bits per heavy atom. The van der Waals surface area contributed by atoms with E-state index in [-0.39, 0.29) is 28.2 Å². The third-order valence-corrected chi connectivity index (χ3v) is 6.77. The summed E-state index contributed by atoms with van der Waals surface area (Å²) in [7, 11) is -3.66. The molecule has 1 aromatic heterocycles. The van der Waals surface area contributed by atoms with Crippen molar-refractivity contribution in [3.05, 3.63) is 59.5 Å². The number of hydrogen-bond acceptors (Lipinski definition) is 5. The molecule has 0 aliphatic rings. The van der Waals surface area contributed by atoms with E-state index in [0.717, 1.165) is 40.3 Å².